The van der Waals surface area contributed by atoms with Gasteiger partial charge >= 0.3 is 0 Å². The first-order valence-electron chi connectivity index (χ1n) is 9.13. The van der Waals surface area contributed by atoms with Crippen molar-refractivity contribution in [3.63, 3.8) is 0 Å². The van der Waals surface area contributed by atoms with E-state index >= 15 is 0 Å². The van der Waals surface area contributed by atoms with E-state index in [1.165, 1.54) is 0 Å². The van der Waals surface area contributed by atoms with Gasteiger partial charge in [-0.15, -0.1) is 0 Å². The number of aryl methyl sites for hydroxylation is 1. The zero-order valence-corrected chi connectivity index (χ0v) is 17.1. The number of nitrogens with zero attached hydrogens (tertiary/aromatic N) is 2. The quantitative estimate of drug-likeness (QED) is 0.606. The Hall–Kier alpha value is -2.91. The molecule has 1 aliphatic heterocycles. The van der Waals surface area contributed by atoms with Gasteiger partial charge < -0.3 is 29.9 Å². The summed E-state index contributed by atoms with van der Waals surface area (Å²) in [6, 6.07) is 6.12. The van der Waals surface area contributed by atoms with Crippen LogP contribution >= 0.6 is 0 Å². The lowest BCUT2D eigenvalue weighted by atomic mass is 10.0. The van der Waals surface area contributed by atoms with Crippen molar-refractivity contribution < 1.29 is 29.6 Å². The molecule has 2 aromatic rings. The molecule has 9 heteroatoms. The van der Waals surface area contributed by atoms with Crippen molar-refractivity contribution >= 4 is 11.9 Å². The molecule has 3 rings (SSSR count). The molecule has 1 saturated heterocycles. The number of carboxylic acids is 2. The number of rotatable bonds is 3. The number of carbonyl (C=O) groups is 2. The van der Waals surface area contributed by atoms with E-state index in [0.717, 1.165) is 49.5 Å². The molecule has 0 unspecified atom stereocenters. The third kappa shape index (κ3) is 7.92. The van der Waals surface area contributed by atoms with E-state index in [2.05, 4.69) is 20.9 Å². The highest BCUT2D eigenvalue weighted by Crippen LogP contribution is 2.29. The van der Waals surface area contributed by atoms with E-state index < -0.39 is 11.9 Å². The molecule has 0 aliphatic carbocycles. The second-order valence-electron chi connectivity index (χ2n) is 6.51. The van der Waals surface area contributed by atoms with Crippen LogP contribution in [0.15, 0.2) is 30.6 Å². The van der Waals surface area contributed by atoms with E-state index in [-0.39, 0.29) is 12.1 Å². The number of hydrogen-bond acceptors (Lipinski definition) is 6. The molecule has 4 N–H and O–H groups in total. The maximum Gasteiger partial charge on any atom is 0.300 e. The largest absolute Gasteiger partial charge is 0.496 e. The van der Waals surface area contributed by atoms with Gasteiger partial charge in [-0.05, 0) is 43.7 Å². The molecule has 2 atom stereocenters. The molecule has 29 heavy (non-hydrogen) atoms. The van der Waals surface area contributed by atoms with Crippen LogP contribution in [0.5, 0.6) is 5.75 Å². The first-order valence-corrected chi connectivity index (χ1v) is 9.13. The Labute approximate surface area is 170 Å². The molecule has 1 fully saturated rings. The van der Waals surface area contributed by atoms with Crippen molar-refractivity contribution in [3.8, 4) is 17.1 Å². The number of aliphatic hydroxyl groups excluding tert-OH is 1. The van der Waals surface area contributed by atoms with Crippen molar-refractivity contribution in [2.24, 2.45) is 0 Å². The number of benzene rings is 1. The SMILES string of the molecule is CC(=O)O.CC(=O)O.COc1ccc(-c2nccn2[C@H]2CCNC[C@@H]2O)cc1C. The zero-order chi connectivity index (χ0) is 22.0. The van der Waals surface area contributed by atoms with Crippen molar-refractivity contribution in [1.82, 2.24) is 14.9 Å². The summed E-state index contributed by atoms with van der Waals surface area (Å²) in [6.07, 6.45) is 4.27. The standard InChI is InChI=1S/C16H21N3O2.2C2H4O2/c1-11-9-12(3-4-15(11)21-2)16-18-7-8-19(16)13-5-6-17-10-14(13)20;2*1-2(3)4/h3-4,7-9,13-14,17,20H,5-6,10H2,1-2H3;2*1H3,(H,3,4)/t13-,14-;;/m0../s1. The van der Waals surface area contributed by atoms with Gasteiger partial charge in [-0.3, -0.25) is 9.59 Å². The number of imidazole rings is 1. The summed E-state index contributed by atoms with van der Waals surface area (Å²) in [6.45, 7) is 5.74. The van der Waals surface area contributed by atoms with Crippen LogP contribution in [0.2, 0.25) is 0 Å². The van der Waals surface area contributed by atoms with Gasteiger partial charge in [0.2, 0.25) is 0 Å². The third-order valence-electron chi connectivity index (χ3n) is 4.09. The number of carboxylic acid groups (broad SMARTS) is 2. The number of aromatic nitrogens is 2. The van der Waals surface area contributed by atoms with Gasteiger partial charge in [0.25, 0.3) is 11.9 Å². The minimum absolute atomic E-state index is 0.0751. The molecule has 1 aliphatic rings. The Morgan fingerprint density at radius 3 is 2.38 bits per heavy atom. The Morgan fingerprint density at radius 2 is 1.86 bits per heavy atom. The number of piperidine rings is 1. The number of nitrogens with one attached hydrogen (secondary N) is 1. The monoisotopic (exact) mass is 407 g/mol. The summed E-state index contributed by atoms with van der Waals surface area (Å²) < 4.78 is 7.40. The van der Waals surface area contributed by atoms with Crippen LogP contribution in [-0.4, -0.2) is 63.1 Å². The number of hydrogen-bond donors (Lipinski definition) is 4. The van der Waals surface area contributed by atoms with Gasteiger partial charge in [-0.25, -0.2) is 4.98 Å². The van der Waals surface area contributed by atoms with Crippen LogP contribution < -0.4 is 10.1 Å². The summed E-state index contributed by atoms with van der Waals surface area (Å²) in [5.41, 5.74) is 2.12. The molecule has 2 heterocycles. The maximum absolute atomic E-state index is 10.2. The number of aliphatic carboxylic acids is 2. The zero-order valence-electron chi connectivity index (χ0n) is 17.1. The van der Waals surface area contributed by atoms with E-state index in [1.807, 2.05) is 25.3 Å². The highest BCUT2D eigenvalue weighted by molar-refractivity contribution is 5.63. The van der Waals surface area contributed by atoms with Crippen LogP contribution in [0, 0.1) is 6.92 Å². The number of β-amino-alcohol motifs (C(OH)–C–C–N with tert-alkyl or cyclic N) is 1. The second kappa shape index (κ2) is 11.8. The molecule has 0 spiro atoms. The summed E-state index contributed by atoms with van der Waals surface area (Å²) in [7, 11) is 1.67. The fourth-order valence-electron chi connectivity index (χ4n) is 2.97. The van der Waals surface area contributed by atoms with Gasteiger partial charge in [0, 0.05) is 38.3 Å². The van der Waals surface area contributed by atoms with E-state index in [0.29, 0.717) is 6.54 Å². The molecule has 0 bridgehead atoms. The van der Waals surface area contributed by atoms with Crippen LogP contribution in [0.25, 0.3) is 11.4 Å². The molecule has 1 aromatic carbocycles. The maximum atomic E-state index is 10.2. The fourth-order valence-corrected chi connectivity index (χ4v) is 2.97. The Bertz CT molecular complexity index is 785. The first kappa shape index (κ1) is 24.1. The summed E-state index contributed by atoms with van der Waals surface area (Å²) in [5, 5.41) is 28.3. The summed E-state index contributed by atoms with van der Waals surface area (Å²) >= 11 is 0. The van der Waals surface area contributed by atoms with Crippen LogP contribution in [0.3, 0.4) is 0 Å². The first-order chi connectivity index (χ1) is 13.7. The van der Waals surface area contributed by atoms with Crippen molar-refractivity contribution in [2.45, 2.75) is 39.3 Å². The Morgan fingerprint density at radius 1 is 1.24 bits per heavy atom. The molecule has 0 amide bonds. The Kier molecular flexibility index (Phi) is 9.84. The average molecular weight is 407 g/mol. The summed E-state index contributed by atoms with van der Waals surface area (Å²) in [5.74, 6) is 0.102. The predicted molar refractivity (Wildman–Crippen MR) is 108 cm³/mol. The average Bonchev–Trinajstić information content (AvgIpc) is 3.10. The van der Waals surface area contributed by atoms with Gasteiger partial charge in [0.05, 0.1) is 19.3 Å². The lowest BCUT2D eigenvalue weighted by molar-refractivity contribution is -0.135. The lowest BCUT2D eigenvalue weighted by Crippen LogP contribution is -2.41. The molecular formula is C20H29N3O6. The molecule has 160 valence electrons. The Balaban J connectivity index is 0.000000452. The smallest absolute Gasteiger partial charge is 0.300 e. The second-order valence-corrected chi connectivity index (χ2v) is 6.51. The van der Waals surface area contributed by atoms with Gasteiger partial charge in [0.1, 0.15) is 11.6 Å². The van der Waals surface area contributed by atoms with E-state index in [9.17, 15) is 5.11 Å². The normalized spacial score (nSPS) is 17.8. The highest BCUT2D eigenvalue weighted by atomic mass is 16.5. The number of methoxy groups -OCH3 is 1. The molecule has 0 saturated carbocycles. The predicted octanol–water partition coefficient (Wildman–Crippen LogP) is 1.94. The topological polar surface area (TPSA) is 134 Å². The molecule has 0 radical (unpaired) electrons. The fraction of sp³-hybridized carbons (Fsp3) is 0.450. The lowest BCUT2D eigenvalue weighted by Gasteiger charge is -2.30. The van der Waals surface area contributed by atoms with Crippen molar-refractivity contribution in [3.05, 3.63) is 36.2 Å². The number of ether oxygens (including phenoxy) is 1. The van der Waals surface area contributed by atoms with Gasteiger partial charge in [0.15, 0.2) is 0 Å². The van der Waals surface area contributed by atoms with E-state index in [1.54, 1.807) is 13.3 Å². The molecule has 9 nitrogen and oxygen atoms in total. The van der Waals surface area contributed by atoms with Crippen LogP contribution in [0.4, 0.5) is 0 Å². The van der Waals surface area contributed by atoms with E-state index in [4.69, 9.17) is 24.5 Å². The van der Waals surface area contributed by atoms with Crippen LogP contribution in [0.1, 0.15) is 31.9 Å². The highest BCUT2D eigenvalue weighted by Gasteiger charge is 2.26. The number of aliphatic hydroxyl groups is 1. The minimum Gasteiger partial charge on any atom is -0.496 e. The minimum atomic E-state index is -0.833. The summed E-state index contributed by atoms with van der Waals surface area (Å²) in [4.78, 5) is 22.5. The van der Waals surface area contributed by atoms with Gasteiger partial charge in [-0.1, -0.05) is 0 Å². The third-order valence-corrected chi connectivity index (χ3v) is 4.09. The van der Waals surface area contributed by atoms with Crippen molar-refractivity contribution in [2.75, 3.05) is 20.2 Å². The van der Waals surface area contributed by atoms with Crippen molar-refractivity contribution in [1.29, 1.82) is 0 Å². The van der Waals surface area contributed by atoms with Crippen LogP contribution in [-0.2, 0) is 9.59 Å². The van der Waals surface area contributed by atoms with Gasteiger partial charge in [-0.2, -0.15) is 0 Å². The molecular weight excluding hydrogens is 378 g/mol. The molecule has 1 aromatic heterocycles.